The van der Waals surface area contributed by atoms with Crippen LogP contribution in [0.5, 0.6) is 5.75 Å². The second-order valence-electron chi connectivity index (χ2n) is 8.79. The fraction of sp³-hybridized carbons (Fsp3) is 0.250. The van der Waals surface area contributed by atoms with Crippen LogP contribution in [0.15, 0.2) is 60.9 Å². The minimum atomic E-state index is 0.209. The molecule has 0 radical (unpaired) electrons. The van der Waals surface area contributed by atoms with E-state index in [4.69, 9.17) is 4.98 Å². The average molecular weight is 397 g/mol. The number of aromatic hydroxyl groups is 1. The number of benzene rings is 2. The first kappa shape index (κ1) is 17.5. The van der Waals surface area contributed by atoms with Crippen molar-refractivity contribution in [1.29, 1.82) is 0 Å². The predicted molar refractivity (Wildman–Crippen MR) is 119 cm³/mol. The first-order chi connectivity index (χ1) is 14.6. The minimum Gasteiger partial charge on any atom is -0.507 e. The van der Waals surface area contributed by atoms with Crippen molar-refractivity contribution in [3.63, 3.8) is 0 Å². The molecular weight excluding hydrogens is 374 g/mol. The number of hydrogen-bond donors (Lipinski definition) is 2. The van der Waals surface area contributed by atoms with Crippen molar-refractivity contribution in [1.82, 2.24) is 19.9 Å². The number of hydrogen-bond acceptors (Lipinski definition) is 5. The largest absolute Gasteiger partial charge is 0.507 e. The third-order valence-electron chi connectivity index (χ3n) is 6.34. The number of likely N-dealkylation sites (tertiary alicyclic amines) is 1. The number of aromatic amines is 1. The normalized spacial score (nSPS) is 17.8. The lowest BCUT2D eigenvalue weighted by molar-refractivity contribution is -0.00237. The first-order valence-electron chi connectivity index (χ1n) is 10.3. The second-order valence-corrected chi connectivity index (χ2v) is 8.79. The Labute approximate surface area is 174 Å². The molecule has 2 fully saturated rings. The Morgan fingerprint density at radius 2 is 1.87 bits per heavy atom. The van der Waals surface area contributed by atoms with Gasteiger partial charge in [0.15, 0.2) is 0 Å². The number of phenols is 1. The summed E-state index contributed by atoms with van der Waals surface area (Å²) in [7, 11) is 2.18. The van der Waals surface area contributed by atoms with Crippen LogP contribution in [0.4, 0.5) is 5.69 Å². The molecule has 2 saturated heterocycles. The molecule has 2 aliphatic rings. The number of aromatic nitrogens is 3. The number of rotatable bonds is 3. The summed E-state index contributed by atoms with van der Waals surface area (Å²) in [6.45, 7) is 4.64. The number of nitrogens with one attached hydrogen (secondary N) is 1. The lowest BCUT2D eigenvalue weighted by atomic mass is 9.73. The van der Waals surface area contributed by atoms with Gasteiger partial charge in [0.1, 0.15) is 11.6 Å². The number of fused-ring (bicyclic) bond motifs is 1. The standard InChI is InChI=1S/C24H23N5O/c1-28-12-24(13-28)14-29(15-24)18-5-6-20-21(10-18)27-23(26-20)19-9-16(4-7-22(19)30)17-3-2-8-25-11-17/h2-11,30H,12-15H2,1H3,(H,26,27). The molecule has 4 aromatic rings. The number of phenolic OH excluding ortho intramolecular Hbond substituents is 1. The summed E-state index contributed by atoms with van der Waals surface area (Å²) in [5, 5.41) is 10.5. The van der Waals surface area contributed by atoms with E-state index >= 15 is 0 Å². The fourth-order valence-electron chi connectivity index (χ4n) is 5.00. The predicted octanol–water partition coefficient (Wildman–Crippen LogP) is 3.75. The molecule has 0 saturated carbocycles. The van der Waals surface area contributed by atoms with Gasteiger partial charge in [-0.2, -0.15) is 0 Å². The summed E-state index contributed by atoms with van der Waals surface area (Å²) in [5.74, 6) is 0.881. The van der Waals surface area contributed by atoms with E-state index in [0.29, 0.717) is 16.8 Å². The van der Waals surface area contributed by atoms with E-state index in [-0.39, 0.29) is 5.75 Å². The van der Waals surface area contributed by atoms with Gasteiger partial charge in [-0.05, 0) is 49.0 Å². The molecule has 2 aliphatic heterocycles. The van der Waals surface area contributed by atoms with Crippen molar-refractivity contribution in [3.8, 4) is 28.3 Å². The van der Waals surface area contributed by atoms with Gasteiger partial charge in [-0.25, -0.2) is 4.98 Å². The average Bonchev–Trinajstić information content (AvgIpc) is 3.13. The molecule has 150 valence electrons. The Hall–Kier alpha value is -3.38. The summed E-state index contributed by atoms with van der Waals surface area (Å²) in [4.78, 5) is 17.2. The van der Waals surface area contributed by atoms with Crippen LogP contribution in [0, 0.1) is 5.41 Å². The summed E-state index contributed by atoms with van der Waals surface area (Å²) in [6, 6.07) is 15.9. The molecule has 30 heavy (non-hydrogen) atoms. The van der Waals surface area contributed by atoms with Gasteiger partial charge in [0, 0.05) is 55.2 Å². The number of pyridine rings is 1. The molecule has 4 heterocycles. The van der Waals surface area contributed by atoms with Crippen LogP contribution in [-0.4, -0.2) is 58.2 Å². The van der Waals surface area contributed by atoms with E-state index < -0.39 is 0 Å². The highest BCUT2D eigenvalue weighted by molar-refractivity contribution is 5.85. The number of anilines is 1. The van der Waals surface area contributed by atoms with Gasteiger partial charge in [0.05, 0.1) is 16.6 Å². The van der Waals surface area contributed by atoms with Crippen LogP contribution in [0.3, 0.4) is 0 Å². The quantitative estimate of drug-likeness (QED) is 0.551. The molecular formula is C24H23N5O. The van der Waals surface area contributed by atoms with Crippen LogP contribution in [-0.2, 0) is 0 Å². The fourth-order valence-corrected chi connectivity index (χ4v) is 5.00. The van der Waals surface area contributed by atoms with Crippen molar-refractivity contribution in [2.45, 2.75) is 0 Å². The first-order valence-corrected chi connectivity index (χ1v) is 10.3. The molecule has 0 aliphatic carbocycles. The van der Waals surface area contributed by atoms with E-state index in [2.05, 4.69) is 45.0 Å². The van der Waals surface area contributed by atoms with Gasteiger partial charge < -0.3 is 19.9 Å². The molecule has 2 aromatic heterocycles. The van der Waals surface area contributed by atoms with Crippen LogP contribution >= 0.6 is 0 Å². The smallest absolute Gasteiger partial charge is 0.142 e. The van der Waals surface area contributed by atoms with E-state index in [1.54, 1.807) is 12.3 Å². The molecule has 0 atom stereocenters. The molecule has 0 bridgehead atoms. The second kappa shape index (κ2) is 6.31. The van der Waals surface area contributed by atoms with E-state index in [9.17, 15) is 5.11 Å². The van der Waals surface area contributed by atoms with Gasteiger partial charge in [-0.3, -0.25) is 4.98 Å². The highest BCUT2D eigenvalue weighted by atomic mass is 16.3. The topological polar surface area (TPSA) is 68.3 Å². The summed E-state index contributed by atoms with van der Waals surface area (Å²) < 4.78 is 0. The van der Waals surface area contributed by atoms with Crippen LogP contribution < -0.4 is 4.90 Å². The zero-order valence-electron chi connectivity index (χ0n) is 16.8. The highest BCUT2D eigenvalue weighted by Gasteiger charge is 2.50. The Morgan fingerprint density at radius 1 is 1.00 bits per heavy atom. The van der Waals surface area contributed by atoms with E-state index in [1.165, 1.54) is 18.8 Å². The Bertz CT molecular complexity index is 1240. The van der Waals surface area contributed by atoms with Crippen LogP contribution in [0.25, 0.3) is 33.5 Å². The van der Waals surface area contributed by atoms with Gasteiger partial charge in [0.2, 0.25) is 0 Å². The van der Waals surface area contributed by atoms with Gasteiger partial charge in [-0.15, -0.1) is 0 Å². The maximum atomic E-state index is 10.5. The molecule has 2 aromatic carbocycles. The van der Waals surface area contributed by atoms with Gasteiger partial charge >= 0.3 is 0 Å². The summed E-state index contributed by atoms with van der Waals surface area (Å²) in [5.41, 5.74) is 6.29. The molecule has 2 N–H and O–H groups in total. The monoisotopic (exact) mass is 397 g/mol. The molecule has 0 unspecified atom stereocenters. The van der Waals surface area contributed by atoms with Crippen LogP contribution in [0.2, 0.25) is 0 Å². The molecule has 6 heteroatoms. The van der Waals surface area contributed by atoms with Crippen LogP contribution in [0.1, 0.15) is 0 Å². The van der Waals surface area contributed by atoms with Crippen molar-refractivity contribution in [3.05, 3.63) is 60.9 Å². The summed E-state index contributed by atoms with van der Waals surface area (Å²) >= 11 is 0. The number of imidazole rings is 1. The maximum absolute atomic E-state index is 10.5. The maximum Gasteiger partial charge on any atom is 0.142 e. The third-order valence-corrected chi connectivity index (χ3v) is 6.34. The molecule has 6 nitrogen and oxygen atoms in total. The van der Waals surface area contributed by atoms with Gasteiger partial charge in [-0.1, -0.05) is 12.1 Å². The Balaban J connectivity index is 1.32. The third kappa shape index (κ3) is 2.75. The zero-order valence-corrected chi connectivity index (χ0v) is 16.8. The minimum absolute atomic E-state index is 0.209. The van der Waals surface area contributed by atoms with E-state index in [0.717, 1.165) is 35.2 Å². The molecule has 6 rings (SSSR count). The SMILES string of the molecule is CN1CC2(C1)CN(c1ccc3[nH]c(-c4cc(-c5cccnc5)ccc4O)nc3c1)C2. The van der Waals surface area contributed by atoms with Gasteiger partial charge in [0.25, 0.3) is 0 Å². The lowest BCUT2D eigenvalue weighted by Gasteiger charge is -2.60. The zero-order chi connectivity index (χ0) is 20.3. The summed E-state index contributed by atoms with van der Waals surface area (Å²) in [6.07, 6.45) is 3.58. The van der Waals surface area contributed by atoms with Crippen molar-refractivity contribution >= 4 is 16.7 Å². The van der Waals surface area contributed by atoms with Crippen molar-refractivity contribution in [2.75, 3.05) is 38.1 Å². The van der Waals surface area contributed by atoms with Crippen molar-refractivity contribution in [2.24, 2.45) is 5.41 Å². The highest BCUT2D eigenvalue weighted by Crippen LogP contribution is 2.41. The lowest BCUT2D eigenvalue weighted by Crippen LogP contribution is -2.71. The number of nitrogens with zero attached hydrogens (tertiary/aromatic N) is 4. The Morgan fingerprint density at radius 3 is 2.63 bits per heavy atom. The molecule has 0 amide bonds. The van der Waals surface area contributed by atoms with E-state index in [1.807, 2.05) is 30.5 Å². The Kier molecular flexibility index (Phi) is 3.67. The number of H-pyrrole nitrogens is 1. The molecule has 1 spiro atoms. The van der Waals surface area contributed by atoms with Crippen molar-refractivity contribution < 1.29 is 5.11 Å².